The number of rotatable bonds is 5. The molecule has 2 rings (SSSR count). The second-order valence-corrected chi connectivity index (χ2v) is 5.46. The molecule has 0 bridgehead atoms. The lowest BCUT2D eigenvalue weighted by Gasteiger charge is -2.35. The van der Waals surface area contributed by atoms with Crippen molar-refractivity contribution in [3.63, 3.8) is 0 Å². The molecule has 1 aliphatic heterocycles. The molecular formula is C15H20FN3O3. The number of aliphatic carboxylic acids is 1. The highest BCUT2D eigenvalue weighted by Crippen LogP contribution is 2.13. The summed E-state index contributed by atoms with van der Waals surface area (Å²) in [7, 11) is 1.98. The zero-order valence-electron chi connectivity index (χ0n) is 12.5. The van der Waals surface area contributed by atoms with Gasteiger partial charge in [-0.3, -0.25) is 14.5 Å². The van der Waals surface area contributed by atoms with Crippen LogP contribution in [0.4, 0.5) is 10.1 Å². The molecule has 1 amide bonds. The number of carboxylic acids is 1. The summed E-state index contributed by atoms with van der Waals surface area (Å²) in [5, 5.41) is 11.9. The third-order valence-corrected chi connectivity index (χ3v) is 3.75. The van der Waals surface area contributed by atoms with Crippen LogP contribution in [0.3, 0.4) is 0 Å². The van der Waals surface area contributed by atoms with Crippen LogP contribution in [0.1, 0.15) is 6.42 Å². The van der Waals surface area contributed by atoms with E-state index in [-0.39, 0.29) is 6.42 Å². The molecule has 1 aliphatic rings. The summed E-state index contributed by atoms with van der Waals surface area (Å²) in [5.41, 5.74) is 0.326. The van der Waals surface area contributed by atoms with Gasteiger partial charge in [0, 0.05) is 31.9 Å². The van der Waals surface area contributed by atoms with E-state index < -0.39 is 23.7 Å². The van der Waals surface area contributed by atoms with Crippen molar-refractivity contribution in [1.82, 2.24) is 9.80 Å². The van der Waals surface area contributed by atoms with Gasteiger partial charge in [0.15, 0.2) is 0 Å². The average Bonchev–Trinajstić information content (AvgIpc) is 2.45. The largest absolute Gasteiger partial charge is 0.480 e. The van der Waals surface area contributed by atoms with Crippen molar-refractivity contribution in [2.45, 2.75) is 12.5 Å². The van der Waals surface area contributed by atoms with Crippen molar-refractivity contribution in [2.24, 2.45) is 0 Å². The molecule has 1 atom stereocenters. The van der Waals surface area contributed by atoms with E-state index in [1.165, 1.54) is 18.2 Å². The van der Waals surface area contributed by atoms with Crippen LogP contribution < -0.4 is 5.32 Å². The van der Waals surface area contributed by atoms with Crippen LogP contribution >= 0.6 is 0 Å². The van der Waals surface area contributed by atoms with Crippen molar-refractivity contribution in [2.75, 3.05) is 38.5 Å². The van der Waals surface area contributed by atoms with Gasteiger partial charge < -0.3 is 15.3 Å². The number of carbonyl (C=O) groups excluding carboxylic acids is 1. The zero-order valence-corrected chi connectivity index (χ0v) is 12.5. The van der Waals surface area contributed by atoms with Gasteiger partial charge in [0.1, 0.15) is 11.9 Å². The molecule has 1 aromatic rings. The highest BCUT2D eigenvalue weighted by molar-refractivity contribution is 5.94. The summed E-state index contributed by atoms with van der Waals surface area (Å²) in [4.78, 5) is 27.4. The number of hydrogen-bond acceptors (Lipinski definition) is 4. The Balaban J connectivity index is 1.95. The monoisotopic (exact) mass is 309 g/mol. The first-order valence-electron chi connectivity index (χ1n) is 7.16. The lowest BCUT2D eigenvalue weighted by molar-refractivity contribution is -0.145. The standard InChI is InChI=1S/C15H20FN3O3/c1-18-5-7-19(8-6-18)13(15(21)22)10-14(20)17-12-4-2-3-11(16)9-12/h2-4,9,13H,5-8,10H2,1H3,(H,17,20)(H,21,22)/t13-/m0/s1. The SMILES string of the molecule is CN1CCN([C@@H](CC(=O)Nc2cccc(F)c2)C(=O)O)CC1. The van der Waals surface area contributed by atoms with Crippen LogP contribution in [-0.2, 0) is 9.59 Å². The number of nitrogens with one attached hydrogen (secondary N) is 1. The van der Waals surface area contributed by atoms with Crippen molar-refractivity contribution < 1.29 is 19.1 Å². The number of amides is 1. The lowest BCUT2D eigenvalue weighted by atomic mass is 10.1. The molecule has 1 aromatic carbocycles. The molecule has 6 nitrogen and oxygen atoms in total. The fourth-order valence-corrected chi connectivity index (χ4v) is 2.46. The maximum atomic E-state index is 13.1. The van der Waals surface area contributed by atoms with Gasteiger partial charge in [-0.15, -0.1) is 0 Å². The van der Waals surface area contributed by atoms with Crippen LogP contribution in [0.25, 0.3) is 0 Å². The van der Waals surface area contributed by atoms with Gasteiger partial charge in [0.25, 0.3) is 0 Å². The topological polar surface area (TPSA) is 72.9 Å². The Bertz CT molecular complexity index is 545. The third-order valence-electron chi connectivity index (χ3n) is 3.75. The molecule has 2 N–H and O–H groups in total. The summed E-state index contributed by atoms with van der Waals surface area (Å²) in [6.07, 6.45) is -0.157. The summed E-state index contributed by atoms with van der Waals surface area (Å²) < 4.78 is 13.1. The second-order valence-electron chi connectivity index (χ2n) is 5.46. The number of anilines is 1. The number of benzene rings is 1. The van der Waals surface area contributed by atoms with E-state index in [0.717, 1.165) is 13.1 Å². The van der Waals surface area contributed by atoms with E-state index in [4.69, 9.17) is 0 Å². The summed E-state index contributed by atoms with van der Waals surface area (Å²) in [5.74, 6) is -1.90. The summed E-state index contributed by atoms with van der Waals surface area (Å²) in [6.45, 7) is 2.77. The number of piperazine rings is 1. The van der Waals surface area contributed by atoms with E-state index >= 15 is 0 Å². The first kappa shape index (κ1) is 16.4. The second kappa shape index (κ2) is 7.33. The Hall–Kier alpha value is -1.99. The fourth-order valence-electron chi connectivity index (χ4n) is 2.46. The summed E-state index contributed by atoms with van der Waals surface area (Å²) in [6, 6.07) is 4.66. The van der Waals surface area contributed by atoms with Crippen LogP contribution in [0.15, 0.2) is 24.3 Å². The van der Waals surface area contributed by atoms with Gasteiger partial charge in [0.2, 0.25) is 5.91 Å². The Labute approximate surface area is 128 Å². The minimum absolute atomic E-state index is 0.157. The van der Waals surface area contributed by atoms with Gasteiger partial charge in [0.05, 0.1) is 6.42 Å². The molecule has 0 aromatic heterocycles. The summed E-state index contributed by atoms with van der Waals surface area (Å²) >= 11 is 0. The fraction of sp³-hybridized carbons (Fsp3) is 0.467. The molecular weight excluding hydrogens is 289 g/mol. The quantitative estimate of drug-likeness (QED) is 0.844. The van der Waals surface area contributed by atoms with Gasteiger partial charge in [-0.05, 0) is 25.2 Å². The molecule has 1 heterocycles. The van der Waals surface area contributed by atoms with Crippen LogP contribution in [0, 0.1) is 5.82 Å². The Morgan fingerprint density at radius 2 is 2.00 bits per heavy atom. The highest BCUT2D eigenvalue weighted by atomic mass is 19.1. The molecule has 0 saturated carbocycles. The third kappa shape index (κ3) is 4.51. The number of nitrogens with zero attached hydrogens (tertiary/aromatic N) is 2. The Morgan fingerprint density at radius 3 is 2.59 bits per heavy atom. The molecule has 0 aliphatic carbocycles. The van der Waals surface area contributed by atoms with Gasteiger partial charge >= 0.3 is 5.97 Å². The van der Waals surface area contributed by atoms with Crippen LogP contribution in [0.5, 0.6) is 0 Å². The first-order chi connectivity index (χ1) is 10.5. The predicted molar refractivity (Wildman–Crippen MR) is 80.1 cm³/mol. The van der Waals surface area contributed by atoms with E-state index in [1.807, 2.05) is 7.05 Å². The minimum atomic E-state index is -1.01. The van der Waals surface area contributed by atoms with Crippen molar-refractivity contribution in [3.05, 3.63) is 30.1 Å². The smallest absolute Gasteiger partial charge is 0.321 e. The number of halogens is 1. The molecule has 0 radical (unpaired) electrons. The molecule has 22 heavy (non-hydrogen) atoms. The van der Waals surface area contributed by atoms with E-state index in [0.29, 0.717) is 18.8 Å². The first-order valence-corrected chi connectivity index (χ1v) is 7.16. The number of carboxylic acid groups (broad SMARTS) is 1. The van der Waals surface area contributed by atoms with Gasteiger partial charge in [-0.25, -0.2) is 4.39 Å². The molecule has 0 spiro atoms. The number of carbonyl (C=O) groups is 2. The molecule has 7 heteroatoms. The maximum absolute atomic E-state index is 13.1. The zero-order chi connectivity index (χ0) is 16.1. The van der Waals surface area contributed by atoms with Crippen molar-refractivity contribution in [1.29, 1.82) is 0 Å². The van der Waals surface area contributed by atoms with E-state index in [9.17, 15) is 19.1 Å². The maximum Gasteiger partial charge on any atom is 0.321 e. The minimum Gasteiger partial charge on any atom is -0.480 e. The molecule has 1 saturated heterocycles. The van der Waals surface area contributed by atoms with Crippen LogP contribution in [-0.4, -0.2) is 66.1 Å². The predicted octanol–water partition coefficient (Wildman–Crippen LogP) is 0.855. The molecule has 120 valence electrons. The van der Waals surface area contributed by atoms with E-state index in [2.05, 4.69) is 10.2 Å². The number of likely N-dealkylation sites (N-methyl/N-ethyl adjacent to an activating group) is 1. The van der Waals surface area contributed by atoms with Crippen LogP contribution in [0.2, 0.25) is 0 Å². The normalized spacial score (nSPS) is 17.9. The molecule has 1 fully saturated rings. The lowest BCUT2D eigenvalue weighted by Crippen LogP contribution is -2.52. The van der Waals surface area contributed by atoms with E-state index in [1.54, 1.807) is 11.0 Å². The average molecular weight is 309 g/mol. The molecule has 0 unspecified atom stereocenters. The number of hydrogen-bond donors (Lipinski definition) is 2. The Kier molecular flexibility index (Phi) is 5.46. The Morgan fingerprint density at radius 1 is 1.32 bits per heavy atom. The van der Waals surface area contributed by atoms with Crippen molar-refractivity contribution in [3.8, 4) is 0 Å². The van der Waals surface area contributed by atoms with Crippen molar-refractivity contribution >= 4 is 17.6 Å². The van der Waals surface area contributed by atoms with Gasteiger partial charge in [-0.2, -0.15) is 0 Å². The van der Waals surface area contributed by atoms with Gasteiger partial charge in [-0.1, -0.05) is 6.07 Å². The highest BCUT2D eigenvalue weighted by Gasteiger charge is 2.30.